The van der Waals surface area contributed by atoms with Crippen LogP contribution in [0.2, 0.25) is 0 Å². The summed E-state index contributed by atoms with van der Waals surface area (Å²) < 4.78 is 1.93. The van der Waals surface area contributed by atoms with E-state index in [1.807, 2.05) is 23.0 Å². The first kappa shape index (κ1) is 18.7. The van der Waals surface area contributed by atoms with Gasteiger partial charge in [-0.2, -0.15) is 5.10 Å². The van der Waals surface area contributed by atoms with E-state index in [9.17, 15) is 0 Å². The van der Waals surface area contributed by atoms with Gasteiger partial charge in [-0.3, -0.25) is 4.68 Å². The van der Waals surface area contributed by atoms with Gasteiger partial charge in [0.25, 0.3) is 0 Å². The molecule has 0 amide bonds. The van der Waals surface area contributed by atoms with E-state index in [1.165, 1.54) is 16.7 Å². The normalized spacial score (nSPS) is 11.4. The Morgan fingerprint density at radius 2 is 1.78 bits per heavy atom. The van der Waals surface area contributed by atoms with Crippen molar-refractivity contribution in [2.75, 3.05) is 13.1 Å². The van der Waals surface area contributed by atoms with E-state index >= 15 is 0 Å². The van der Waals surface area contributed by atoms with Crippen molar-refractivity contribution in [2.24, 2.45) is 4.99 Å². The molecule has 5 nitrogen and oxygen atoms in total. The monoisotopic (exact) mass is 361 g/mol. The van der Waals surface area contributed by atoms with Crippen molar-refractivity contribution in [2.45, 2.75) is 26.4 Å². The van der Waals surface area contributed by atoms with Crippen LogP contribution in [-0.2, 0) is 19.5 Å². The van der Waals surface area contributed by atoms with Crippen LogP contribution in [-0.4, -0.2) is 28.8 Å². The van der Waals surface area contributed by atoms with Crippen LogP contribution in [0.5, 0.6) is 0 Å². The van der Waals surface area contributed by atoms with E-state index in [0.717, 1.165) is 32.0 Å². The number of hydrogen-bond acceptors (Lipinski definition) is 2. The molecule has 0 saturated carbocycles. The van der Waals surface area contributed by atoms with Crippen LogP contribution in [0, 0.1) is 0 Å². The third-order valence-corrected chi connectivity index (χ3v) is 4.21. The second-order valence-electron chi connectivity index (χ2n) is 6.38. The molecule has 0 atom stereocenters. The van der Waals surface area contributed by atoms with Crippen molar-refractivity contribution < 1.29 is 0 Å². The van der Waals surface area contributed by atoms with Crippen LogP contribution in [0.1, 0.15) is 23.6 Å². The Labute approximate surface area is 161 Å². The zero-order valence-electron chi connectivity index (χ0n) is 15.8. The van der Waals surface area contributed by atoms with Gasteiger partial charge in [-0.25, -0.2) is 4.99 Å². The molecule has 140 valence electrons. The van der Waals surface area contributed by atoms with Crippen LogP contribution in [0.25, 0.3) is 0 Å². The maximum Gasteiger partial charge on any atom is 0.191 e. The summed E-state index contributed by atoms with van der Waals surface area (Å²) in [7, 11) is 0. The maximum atomic E-state index is 4.73. The lowest BCUT2D eigenvalue weighted by molar-refractivity contribution is 0.686. The molecule has 0 unspecified atom stereocenters. The molecular formula is C22H27N5. The lowest BCUT2D eigenvalue weighted by Crippen LogP contribution is -2.38. The summed E-state index contributed by atoms with van der Waals surface area (Å²) in [5.41, 5.74) is 3.75. The molecule has 0 radical (unpaired) electrons. The molecule has 0 fully saturated rings. The minimum absolute atomic E-state index is 0.646. The van der Waals surface area contributed by atoms with Gasteiger partial charge in [0.1, 0.15) is 0 Å². The van der Waals surface area contributed by atoms with Gasteiger partial charge in [0.05, 0.1) is 13.1 Å². The van der Waals surface area contributed by atoms with Gasteiger partial charge in [-0.05, 0) is 36.1 Å². The zero-order chi connectivity index (χ0) is 18.7. The Morgan fingerprint density at radius 1 is 0.963 bits per heavy atom. The van der Waals surface area contributed by atoms with Gasteiger partial charge in [-0.1, -0.05) is 54.6 Å². The summed E-state index contributed by atoms with van der Waals surface area (Å²) in [5, 5.41) is 11.0. The average molecular weight is 361 g/mol. The summed E-state index contributed by atoms with van der Waals surface area (Å²) in [6.45, 7) is 5.21. The molecule has 0 bridgehead atoms. The second kappa shape index (κ2) is 10.2. The smallest absolute Gasteiger partial charge is 0.191 e. The molecule has 3 rings (SSSR count). The Balaban J connectivity index is 1.55. The molecule has 27 heavy (non-hydrogen) atoms. The molecular weight excluding hydrogens is 334 g/mol. The number of rotatable bonds is 8. The van der Waals surface area contributed by atoms with Crippen molar-refractivity contribution in [3.63, 3.8) is 0 Å². The van der Waals surface area contributed by atoms with E-state index in [0.29, 0.717) is 6.54 Å². The largest absolute Gasteiger partial charge is 0.357 e. The van der Waals surface area contributed by atoms with E-state index in [2.05, 4.69) is 71.2 Å². The van der Waals surface area contributed by atoms with E-state index < -0.39 is 0 Å². The van der Waals surface area contributed by atoms with Gasteiger partial charge >= 0.3 is 0 Å². The third-order valence-electron chi connectivity index (χ3n) is 4.21. The molecule has 3 aromatic rings. The quantitative estimate of drug-likeness (QED) is 0.478. The molecule has 0 saturated heterocycles. The molecule has 1 aromatic heterocycles. The van der Waals surface area contributed by atoms with Gasteiger partial charge in [0.2, 0.25) is 0 Å². The molecule has 0 aliphatic heterocycles. The Bertz CT molecular complexity index is 825. The Morgan fingerprint density at radius 3 is 2.56 bits per heavy atom. The van der Waals surface area contributed by atoms with Gasteiger partial charge in [0, 0.05) is 25.5 Å². The summed E-state index contributed by atoms with van der Waals surface area (Å²) in [6.07, 6.45) is 4.76. The van der Waals surface area contributed by atoms with Crippen molar-refractivity contribution in [3.05, 3.63) is 89.7 Å². The lowest BCUT2D eigenvalue weighted by Gasteiger charge is -2.11. The number of nitrogens with zero attached hydrogens (tertiary/aromatic N) is 3. The van der Waals surface area contributed by atoms with Crippen LogP contribution < -0.4 is 10.6 Å². The van der Waals surface area contributed by atoms with Crippen molar-refractivity contribution in [3.8, 4) is 0 Å². The average Bonchev–Trinajstić information content (AvgIpc) is 3.20. The zero-order valence-corrected chi connectivity index (χ0v) is 15.8. The second-order valence-corrected chi connectivity index (χ2v) is 6.38. The third kappa shape index (κ3) is 6.29. The van der Waals surface area contributed by atoms with E-state index in [-0.39, 0.29) is 0 Å². The Hall–Kier alpha value is -3.08. The molecule has 0 aliphatic carbocycles. The Kier molecular flexibility index (Phi) is 7.04. The predicted molar refractivity (Wildman–Crippen MR) is 111 cm³/mol. The van der Waals surface area contributed by atoms with Crippen molar-refractivity contribution in [1.82, 2.24) is 20.4 Å². The number of benzene rings is 2. The predicted octanol–water partition coefficient (Wildman–Crippen LogP) is 3.23. The highest BCUT2D eigenvalue weighted by atomic mass is 15.3. The van der Waals surface area contributed by atoms with Crippen LogP contribution in [0.15, 0.2) is 78.0 Å². The summed E-state index contributed by atoms with van der Waals surface area (Å²) in [5.74, 6) is 0.853. The first-order valence-corrected chi connectivity index (χ1v) is 9.45. The molecule has 2 N–H and O–H groups in total. The highest BCUT2D eigenvalue weighted by molar-refractivity contribution is 5.79. The SMILES string of the molecule is CCNC(=NCc1cccc(Cn2cccn2)c1)NCCc1ccccc1. The van der Waals surface area contributed by atoms with Crippen molar-refractivity contribution in [1.29, 1.82) is 0 Å². The van der Waals surface area contributed by atoms with Gasteiger partial charge < -0.3 is 10.6 Å². The lowest BCUT2D eigenvalue weighted by atomic mass is 10.1. The van der Waals surface area contributed by atoms with Crippen LogP contribution >= 0.6 is 0 Å². The first-order valence-electron chi connectivity index (χ1n) is 9.45. The van der Waals surface area contributed by atoms with Crippen LogP contribution in [0.3, 0.4) is 0 Å². The molecule has 0 spiro atoms. The minimum atomic E-state index is 0.646. The fraction of sp³-hybridized carbons (Fsp3) is 0.273. The number of hydrogen-bond donors (Lipinski definition) is 2. The fourth-order valence-corrected chi connectivity index (χ4v) is 2.89. The highest BCUT2D eigenvalue weighted by Gasteiger charge is 2.00. The molecule has 1 heterocycles. The summed E-state index contributed by atoms with van der Waals surface area (Å²) in [6, 6.07) is 20.9. The number of guanidine groups is 1. The fourth-order valence-electron chi connectivity index (χ4n) is 2.89. The van der Waals surface area contributed by atoms with Crippen LogP contribution in [0.4, 0.5) is 0 Å². The van der Waals surface area contributed by atoms with E-state index in [1.54, 1.807) is 6.20 Å². The summed E-state index contributed by atoms with van der Waals surface area (Å²) in [4.78, 5) is 4.73. The standard InChI is InChI=1S/C22H27N5/c1-2-23-22(24-14-12-19-8-4-3-5-9-19)25-17-20-10-6-11-21(16-20)18-27-15-7-13-26-27/h3-11,13,15-16H,2,12,14,17-18H2,1H3,(H2,23,24,25). The maximum absolute atomic E-state index is 4.73. The summed E-state index contributed by atoms with van der Waals surface area (Å²) >= 11 is 0. The van der Waals surface area contributed by atoms with Gasteiger partial charge in [0.15, 0.2) is 5.96 Å². The molecule has 5 heteroatoms. The van der Waals surface area contributed by atoms with Gasteiger partial charge in [-0.15, -0.1) is 0 Å². The van der Waals surface area contributed by atoms with Crippen molar-refractivity contribution >= 4 is 5.96 Å². The number of nitrogens with one attached hydrogen (secondary N) is 2. The number of aliphatic imine (C=N–C) groups is 1. The molecule has 2 aromatic carbocycles. The molecule has 0 aliphatic rings. The topological polar surface area (TPSA) is 54.2 Å². The highest BCUT2D eigenvalue weighted by Crippen LogP contribution is 2.08. The number of aromatic nitrogens is 2. The first-order chi connectivity index (χ1) is 13.3. The minimum Gasteiger partial charge on any atom is -0.357 e. The van der Waals surface area contributed by atoms with E-state index in [4.69, 9.17) is 4.99 Å².